The molecule has 0 aliphatic heterocycles. The lowest BCUT2D eigenvalue weighted by Gasteiger charge is -2.11. The summed E-state index contributed by atoms with van der Waals surface area (Å²) in [5.74, 6) is 2.43. The lowest BCUT2D eigenvalue weighted by atomic mass is 10.1. The molecule has 0 aliphatic rings. The molecule has 3 aromatic carbocycles. The Labute approximate surface area is 164 Å². The number of rotatable bonds is 6. The largest absolute Gasteiger partial charge is 0.457 e. The summed E-state index contributed by atoms with van der Waals surface area (Å²) in [6.45, 7) is 0.646. The molecule has 3 N–H and O–H groups in total. The fourth-order valence-electron chi connectivity index (χ4n) is 2.99. The molecule has 0 fully saturated rings. The minimum absolute atomic E-state index is 0.646. The van der Waals surface area contributed by atoms with Gasteiger partial charge in [-0.15, -0.1) is 0 Å². The maximum absolute atomic E-state index is 6.09. The molecule has 0 spiro atoms. The zero-order valence-electron chi connectivity index (χ0n) is 15.4. The SMILES string of the molecule is Nc1ccccc1-c1ccnc(NCc2cccc(Oc3ccccc3)c2)c1. The highest BCUT2D eigenvalue weighted by Gasteiger charge is 2.04. The van der Waals surface area contributed by atoms with Gasteiger partial charge >= 0.3 is 0 Å². The summed E-state index contributed by atoms with van der Waals surface area (Å²) < 4.78 is 5.90. The third kappa shape index (κ3) is 4.30. The average molecular weight is 367 g/mol. The molecule has 0 radical (unpaired) electrons. The number of benzene rings is 3. The summed E-state index contributed by atoms with van der Waals surface area (Å²) >= 11 is 0. The van der Waals surface area contributed by atoms with Gasteiger partial charge in [-0.1, -0.05) is 48.5 Å². The molecule has 0 amide bonds. The first-order valence-electron chi connectivity index (χ1n) is 9.14. The summed E-state index contributed by atoms with van der Waals surface area (Å²) in [7, 11) is 0. The molecule has 0 aliphatic carbocycles. The molecule has 0 bridgehead atoms. The van der Waals surface area contributed by atoms with Crippen LogP contribution in [0.25, 0.3) is 11.1 Å². The lowest BCUT2D eigenvalue weighted by Crippen LogP contribution is -2.01. The number of hydrogen-bond acceptors (Lipinski definition) is 4. The van der Waals surface area contributed by atoms with E-state index in [1.165, 1.54) is 0 Å². The molecule has 28 heavy (non-hydrogen) atoms. The van der Waals surface area contributed by atoms with Gasteiger partial charge in [-0.05, 0) is 53.6 Å². The van der Waals surface area contributed by atoms with Gasteiger partial charge in [0.05, 0.1) is 0 Å². The number of anilines is 2. The Balaban J connectivity index is 1.46. The zero-order chi connectivity index (χ0) is 19.2. The van der Waals surface area contributed by atoms with Gasteiger partial charge in [-0.3, -0.25) is 0 Å². The maximum Gasteiger partial charge on any atom is 0.127 e. The van der Waals surface area contributed by atoms with Crippen molar-refractivity contribution in [2.75, 3.05) is 11.1 Å². The van der Waals surface area contributed by atoms with Crippen molar-refractivity contribution in [2.24, 2.45) is 0 Å². The van der Waals surface area contributed by atoms with Crippen LogP contribution in [0.15, 0.2) is 97.2 Å². The zero-order valence-corrected chi connectivity index (χ0v) is 15.4. The highest BCUT2D eigenvalue weighted by atomic mass is 16.5. The number of nitrogens with one attached hydrogen (secondary N) is 1. The van der Waals surface area contributed by atoms with Crippen molar-refractivity contribution in [2.45, 2.75) is 6.54 Å². The van der Waals surface area contributed by atoms with Crippen LogP contribution < -0.4 is 15.8 Å². The number of para-hydroxylation sites is 2. The van der Waals surface area contributed by atoms with Crippen LogP contribution >= 0.6 is 0 Å². The van der Waals surface area contributed by atoms with Crippen LogP contribution in [0.4, 0.5) is 11.5 Å². The van der Waals surface area contributed by atoms with E-state index < -0.39 is 0 Å². The Bertz CT molecular complexity index is 1060. The number of nitrogens with two attached hydrogens (primary N) is 1. The fourth-order valence-corrected chi connectivity index (χ4v) is 2.99. The summed E-state index contributed by atoms with van der Waals surface area (Å²) in [6, 6.07) is 29.6. The van der Waals surface area contributed by atoms with E-state index in [2.05, 4.69) is 16.4 Å². The number of ether oxygens (including phenoxy) is 1. The highest BCUT2D eigenvalue weighted by Crippen LogP contribution is 2.27. The number of pyridine rings is 1. The number of aromatic nitrogens is 1. The van der Waals surface area contributed by atoms with Gasteiger partial charge in [0.2, 0.25) is 0 Å². The summed E-state index contributed by atoms with van der Waals surface area (Å²) in [6.07, 6.45) is 1.79. The molecule has 4 nitrogen and oxygen atoms in total. The first-order chi connectivity index (χ1) is 13.8. The van der Waals surface area contributed by atoms with Crippen molar-refractivity contribution in [1.82, 2.24) is 4.98 Å². The minimum atomic E-state index is 0.646. The summed E-state index contributed by atoms with van der Waals surface area (Å²) in [5, 5.41) is 3.37. The van der Waals surface area contributed by atoms with Crippen LogP contribution in [0.3, 0.4) is 0 Å². The van der Waals surface area contributed by atoms with Crippen LogP contribution in [0, 0.1) is 0 Å². The van der Waals surface area contributed by atoms with E-state index in [1.807, 2.05) is 84.9 Å². The predicted octanol–water partition coefficient (Wildman–Crippen LogP) is 5.74. The van der Waals surface area contributed by atoms with E-state index in [1.54, 1.807) is 6.20 Å². The molecule has 0 unspecified atom stereocenters. The standard InChI is InChI=1S/C24H21N3O/c25-23-12-5-4-11-22(23)19-13-14-26-24(16-19)27-17-18-7-6-10-21(15-18)28-20-8-2-1-3-9-20/h1-16H,17,25H2,(H,26,27). The lowest BCUT2D eigenvalue weighted by molar-refractivity contribution is 0.482. The quantitative estimate of drug-likeness (QED) is 0.427. The van der Waals surface area contributed by atoms with Crippen LogP contribution in [-0.2, 0) is 6.54 Å². The van der Waals surface area contributed by atoms with Crippen molar-refractivity contribution in [1.29, 1.82) is 0 Å². The summed E-state index contributed by atoms with van der Waals surface area (Å²) in [5.41, 5.74) is 10.0. The first kappa shape index (κ1) is 17.6. The van der Waals surface area contributed by atoms with Gasteiger partial charge in [0, 0.05) is 24.0 Å². The van der Waals surface area contributed by atoms with Crippen molar-refractivity contribution in [3.63, 3.8) is 0 Å². The third-order valence-corrected chi connectivity index (χ3v) is 4.38. The van der Waals surface area contributed by atoms with Gasteiger partial charge in [-0.2, -0.15) is 0 Å². The van der Waals surface area contributed by atoms with Crippen molar-refractivity contribution >= 4 is 11.5 Å². The topological polar surface area (TPSA) is 60.2 Å². The van der Waals surface area contributed by atoms with Gasteiger partial charge in [0.25, 0.3) is 0 Å². The molecule has 4 aromatic rings. The molecule has 0 saturated carbocycles. The van der Waals surface area contributed by atoms with Crippen LogP contribution in [0.5, 0.6) is 11.5 Å². The molecule has 138 valence electrons. The molecule has 1 aromatic heterocycles. The van der Waals surface area contributed by atoms with E-state index in [-0.39, 0.29) is 0 Å². The van der Waals surface area contributed by atoms with Crippen LogP contribution in [0.2, 0.25) is 0 Å². The minimum Gasteiger partial charge on any atom is -0.457 e. The first-order valence-corrected chi connectivity index (χ1v) is 9.14. The number of nitrogen functional groups attached to an aromatic ring is 1. The van der Waals surface area contributed by atoms with Gasteiger partial charge < -0.3 is 15.8 Å². The maximum atomic E-state index is 6.09. The Morgan fingerprint density at radius 1 is 0.786 bits per heavy atom. The Morgan fingerprint density at radius 3 is 2.43 bits per heavy atom. The van der Waals surface area contributed by atoms with Gasteiger partial charge in [0.15, 0.2) is 0 Å². The van der Waals surface area contributed by atoms with Crippen molar-refractivity contribution in [3.05, 3.63) is 103 Å². The number of hydrogen-bond donors (Lipinski definition) is 2. The second-order valence-electron chi connectivity index (χ2n) is 6.43. The van der Waals surface area contributed by atoms with E-state index in [0.29, 0.717) is 6.54 Å². The second kappa shape index (κ2) is 8.27. The third-order valence-electron chi connectivity index (χ3n) is 4.38. The van der Waals surface area contributed by atoms with E-state index in [9.17, 15) is 0 Å². The smallest absolute Gasteiger partial charge is 0.127 e. The molecule has 1 heterocycles. The Morgan fingerprint density at radius 2 is 1.57 bits per heavy atom. The Kier molecular flexibility index (Phi) is 5.20. The molecule has 4 heteroatoms. The van der Waals surface area contributed by atoms with Crippen molar-refractivity contribution in [3.8, 4) is 22.6 Å². The van der Waals surface area contributed by atoms with Crippen LogP contribution in [0.1, 0.15) is 5.56 Å². The fraction of sp³-hybridized carbons (Fsp3) is 0.0417. The monoisotopic (exact) mass is 367 g/mol. The molecular formula is C24H21N3O. The van der Waals surface area contributed by atoms with E-state index in [4.69, 9.17) is 10.5 Å². The summed E-state index contributed by atoms with van der Waals surface area (Å²) in [4.78, 5) is 4.42. The normalized spacial score (nSPS) is 10.4. The molecule has 4 rings (SSSR count). The molecule has 0 atom stereocenters. The highest BCUT2D eigenvalue weighted by molar-refractivity contribution is 5.77. The molecular weight excluding hydrogens is 346 g/mol. The van der Waals surface area contributed by atoms with Gasteiger partial charge in [-0.25, -0.2) is 4.98 Å². The number of nitrogens with zero attached hydrogens (tertiary/aromatic N) is 1. The Hall–Kier alpha value is -3.79. The van der Waals surface area contributed by atoms with Gasteiger partial charge in [0.1, 0.15) is 17.3 Å². The second-order valence-corrected chi connectivity index (χ2v) is 6.43. The van der Waals surface area contributed by atoms with Crippen LogP contribution in [-0.4, -0.2) is 4.98 Å². The van der Waals surface area contributed by atoms with E-state index in [0.717, 1.165) is 39.7 Å². The van der Waals surface area contributed by atoms with E-state index >= 15 is 0 Å². The molecule has 0 saturated heterocycles. The van der Waals surface area contributed by atoms with Crippen molar-refractivity contribution < 1.29 is 4.74 Å². The predicted molar refractivity (Wildman–Crippen MR) is 114 cm³/mol. The average Bonchev–Trinajstić information content (AvgIpc) is 2.74.